The van der Waals surface area contributed by atoms with Gasteiger partial charge in [-0.25, -0.2) is 0 Å². The van der Waals surface area contributed by atoms with Gasteiger partial charge in [0.15, 0.2) is 14.1 Å². The number of allylic oxidation sites excluding steroid dienone is 3. The van der Waals surface area contributed by atoms with Gasteiger partial charge in [-0.1, -0.05) is 39.8 Å². The molecule has 3 saturated heterocycles. The van der Waals surface area contributed by atoms with Gasteiger partial charge in [-0.15, -0.1) is 0 Å². The summed E-state index contributed by atoms with van der Waals surface area (Å²) in [7, 11) is -1.73. The third-order valence-corrected chi connectivity index (χ3v) is 12.5. The van der Waals surface area contributed by atoms with Crippen LogP contribution in [0.4, 0.5) is 0 Å². The van der Waals surface area contributed by atoms with Crippen LogP contribution in [0.3, 0.4) is 0 Å². The summed E-state index contributed by atoms with van der Waals surface area (Å²) in [5, 5.41) is 10.4. The first-order valence-corrected chi connectivity index (χ1v) is 15.8. The Bertz CT molecular complexity index is 743. The molecule has 3 aliphatic heterocycles. The third kappa shape index (κ3) is 6.89. The largest absolute Gasteiger partial charge is 0.414 e. The Labute approximate surface area is 207 Å². The fourth-order valence-electron chi connectivity index (χ4n) is 4.64. The number of fused-ring (bicyclic) bond motifs is 3. The Morgan fingerprint density at radius 3 is 2.38 bits per heavy atom. The molecule has 4 atom stereocenters. The van der Waals surface area contributed by atoms with Gasteiger partial charge in [0.2, 0.25) is 0 Å². The zero-order valence-electron chi connectivity index (χ0n) is 22.3. The molecule has 3 heterocycles. The van der Waals surface area contributed by atoms with Crippen LogP contribution in [-0.2, 0) is 23.4 Å². The van der Waals surface area contributed by atoms with Crippen molar-refractivity contribution < 1.29 is 28.5 Å². The fourth-order valence-corrected chi connectivity index (χ4v) is 6.12. The molecule has 4 fully saturated rings. The molecule has 194 valence electrons. The van der Waals surface area contributed by atoms with E-state index >= 15 is 0 Å². The SMILES string of the molecule is C[C@@H](CCC/C=C/[C@@H]1C[C@H](O)C[C@H]1C(=O)/C=C/C12OCC(C)(CO1)CO2)O[Si](C)(C)C(C)(C)C. The number of hydrogen-bond acceptors (Lipinski definition) is 6. The Balaban J connectivity index is 1.46. The van der Waals surface area contributed by atoms with Crippen molar-refractivity contribution >= 4 is 14.1 Å². The number of aliphatic hydroxyl groups is 1. The van der Waals surface area contributed by atoms with Crippen LogP contribution in [0.1, 0.15) is 66.7 Å². The maximum absolute atomic E-state index is 13.0. The Kier molecular flexibility index (Phi) is 8.69. The summed E-state index contributed by atoms with van der Waals surface area (Å²) in [5.74, 6) is -1.42. The van der Waals surface area contributed by atoms with E-state index in [9.17, 15) is 9.90 Å². The molecule has 0 aromatic heterocycles. The topological polar surface area (TPSA) is 74.2 Å². The lowest BCUT2D eigenvalue weighted by atomic mass is 9.90. The van der Waals surface area contributed by atoms with Crippen LogP contribution in [0.25, 0.3) is 0 Å². The molecular weight excluding hydrogens is 448 g/mol. The van der Waals surface area contributed by atoms with E-state index in [-0.39, 0.29) is 34.2 Å². The molecule has 2 bridgehead atoms. The number of aliphatic hydroxyl groups excluding tert-OH is 1. The second kappa shape index (κ2) is 10.6. The molecule has 1 aliphatic carbocycles. The molecule has 0 unspecified atom stereocenters. The molecule has 4 rings (SSSR count). The number of hydrogen-bond donors (Lipinski definition) is 1. The summed E-state index contributed by atoms with van der Waals surface area (Å²) in [6, 6.07) is 0. The van der Waals surface area contributed by atoms with Crippen LogP contribution in [0, 0.1) is 17.3 Å². The van der Waals surface area contributed by atoms with Crippen LogP contribution >= 0.6 is 0 Å². The van der Waals surface area contributed by atoms with Crippen LogP contribution in [0.15, 0.2) is 24.3 Å². The van der Waals surface area contributed by atoms with E-state index < -0.39 is 20.4 Å². The summed E-state index contributed by atoms with van der Waals surface area (Å²) in [5.41, 5.74) is -0.111. The smallest absolute Gasteiger partial charge is 0.305 e. The molecule has 0 aromatic carbocycles. The van der Waals surface area contributed by atoms with Crippen LogP contribution in [0.2, 0.25) is 18.1 Å². The number of carbonyl (C=O) groups is 1. The Hall–Kier alpha value is -0.833. The molecule has 0 aromatic rings. The van der Waals surface area contributed by atoms with E-state index in [4.69, 9.17) is 18.6 Å². The van der Waals surface area contributed by atoms with Gasteiger partial charge in [-0.05, 0) is 69.2 Å². The number of ether oxygens (including phenoxy) is 3. The van der Waals surface area contributed by atoms with Crippen molar-refractivity contribution in [3.05, 3.63) is 24.3 Å². The first-order chi connectivity index (χ1) is 15.7. The highest BCUT2D eigenvalue weighted by molar-refractivity contribution is 6.74. The highest BCUT2D eigenvalue weighted by atomic mass is 28.4. The minimum atomic E-state index is -1.73. The van der Waals surface area contributed by atoms with E-state index in [1.54, 1.807) is 6.08 Å². The van der Waals surface area contributed by atoms with E-state index in [2.05, 4.69) is 59.9 Å². The third-order valence-electron chi connectivity index (χ3n) is 7.94. The molecule has 4 aliphatic rings. The number of ketones is 1. The quantitative estimate of drug-likeness (QED) is 0.190. The first-order valence-electron chi connectivity index (χ1n) is 12.9. The zero-order valence-corrected chi connectivity index (χ0v) is 23.3. The molecule has 1 N–H and O–H groups in total. The van der Waals surface area contributed by atoms with Crippen molar-refractivity contribution in [1.82, 2.24) is 0 Å². The highest BCUT2D eigenvalue weighted by Gasteiger charge is 2.49. The lowest BCUT2D eigenvalue weighted by molar-refractivity contribution is -0.441. The van der Waals surface area contributed by atoms with Crippen molar-refractivity contribution in [3.63, 3.8) is 0 Å². The Morgan fingerprint density at radius 1 is 1.18 bits per heavy atom. The van der Waals surface area contributed by atoms with Gasteiger partial charge in [0, 0.05) is 23.5 Å². The van der Waals surface area contributed by atoms with Crippen molar-refractivity contribution in [1.29, 1.82) is 0 Å². The molecule has 6 nitrogen and oxygen atoms in total. The van der Waals surface area contributed by atoms with Gasteiger partial charge in [-0.3, -0.25) is 4.79 Å². The Morgan fingerprint density at radius 2 is 1.79 bits per heavy atom. The molecule has 7 heteroatoms. The van der Waals surface area contributed by atoms with E-state index in [1.165, 1.54) is 6.08 Å². The van der Waals surface area contributed by atoms with Crippen LogP contribution in [0.5, 0.6) is 0 Å². The average molecular weight is 495 g/mol. The molecule has 0 spiro atoms. The normalized spacial score (nSPS) is 35.5. The van der Waals surface area contributed by atoms with Crippen molar-refractivity contribution in [2.75, 3.05) is 19.8 Å². The first kappa shape index (κ1) is 27.7. The molecule has 1 saturated carbocycles. The standard InChI is InChI=1S/C27H46O6Si/c1-20(33-34(6,7)25(2,3)4)11-9-8-10-12-21-15-22(28)16-23(21)24(29)13-14-27-30-17-26(5,18-31-27)19-32-27/h10,12-14,20-23,28H,8-9,11,15-19H2,1-7H3/b12-10+,14-13+/t20-,21+,22-,23+,26?,27?/m0/s1. The van der Waals surface area contributed by atoms with E-state index in [0.29, 0.717) is 32.7 Å². The number of unbranched alkanes of at least 4 members (excludes halogenated alkanes) is 1. The summed E-state index contributed by atoms with van der Waals surface area (Å²) >= 11 is 0. The summed E-state index contributed by atoms with van der Waals surface area (Å²) in [6.07, 6.45) is 11.4. The van der Waals surface area contributed by atoms with Gasteiger partial charge in [0.1, 0.15) is 0 Å². The second-order valence-electron chi connectivity index (χ2n) is 12.5. The minimum Gasteiger partial charge on any atom is -0.414 e. The fraction of sp³-hybridized carbons (Fsp3) is 0.815. The van der Waals surface area contributed by atoms with Crippen molar-refractivity contribution in [2.24, 2.45) is 17.3 Å². The monoisotopic (exact) mass is 494 g/mol. The second-order valence-corrected chi connectivity index (χ2v) is 17.2. The highest BCUT2D eigenvalue weighted by Crippen LogP contribution is 2.40. The number of carbonyl (C=O) groups excluding carboxylic acids is 1. The average Bonchev–Trinajstić information content (AvgIpc) is 3.12. The van der Waals surface area contributed by atoms with Crippen molar-refractivity contribution in [2.45, 2.75) is 103 Å². The lowest BCUT2D eigenvalue weighted by Gasteiger charge is -2.49. The summed E-state index contributed by atoms with van der Waals surface area (Å²) in [4.78, 5) is 13.0. The van der Waals surface area contributed by atoms with Gasteiger partial charge < -0.3 is 23.7 Å². The maximum Gasteiger partial charge on any atom is 0.305 e. The van der Waals surface area contributed by atoms with Gasteiger partial charge in [-0.2, -0.15) is 0 Å². The molecule has 0 radical (unpaired) electrons. The van der Waals surface area contributed by atoms with Crippen molar-refractivity contribution in [3.8, 4) is 0 Å². The molecule has 0 amide bonds. The van der Waals surface area contributed by atoms with E-state index in [0.717, 1.165) is 19.3 Å². The minimum absolute atomic E-state index is 0.00771. The zero-order chi connectivity index (χ0) is 25.2. The van der Waals surface area contributed by atoms with E-state index in [1.807, 2.05) is 0 Å². The van der Waals surface area contributed by atoms with Gasteiger partial charge in [0.25, 0.3) is 0 Å². The predicted octanol–water partition coefficient (Wildman–Crippen LogP) is 5.37. The van der Waals surface area contributed by atoms with Crippen LogP contribution in [-0.4, -0.2) is 57.2 Å². The molecule has 34 heavy (non-hydrogen) atoms. The predicted molar refractivity (Wildman–Crippen MR) is 136 cm³/mol. The van der Waals surface area contributed by atoms with Gasteiger partial charge >= 0.3 is 5.97 Å². The van der Waals surface area contributed by atoms with Gasteiger partial charge in [0.05, 0.1) is 25.9 Å². The lowest BCUT2D eigenvalue weighted by Crippen LogP contribution is -2.58. The molecular formula is C27H46O6Si. The number of rotatable bonds is 10. The van der Waals surface area contributed by atoms with Crippen LogP contribution < -0.4 is 0 Å². The summed E-state index contributed by atoms with van der Waals surface area (Å²) < 4.78 is 23.6. The maximum atomic E-state index is 13.0. The summed E-state index contributed by atoms with van der Waals surface area (Å²) in [6.45, 7) is 17.3.